The third-order valence-electron chi connectivity index (χ3n) is 4.89. The molecule has 1 fully saturated rings. The zero-order chi connectivity index (χ0) is 19.5. The standard InChI is InChI=1S/C20H34N6O/c1-4-5-10-22-20(24-16-19(27)25(2)3)23-15-17-8-13-26(14-9-17)18-6-11-21-12-7-18/h6-7,11-12,17H,4-5,8-10,13-16H2,1-3H3,(H2,22,23,24). The number of anilines is 1. The van der Waals surface area contributed by atoms with Gasteiger partial charge in [-0.05, 0) is 37.3 Å². The van der Waals surface area contributed by atoms with Gasteiger partial charge in [0.15, 0.2) is 5.96 Å². The first-order valence-electron chi connectivity index (χ1n) is 9.97. The summed E-state index contributed by atoms with van der Waals surface area (Å²) in [6.07, 6.45) is 8.21. The largest absolute Gasteiger partial charge is 0.371 e. The molecule has 2 rings (SSSR count). The lowest BCUT2D eigenvalue weighted by Crippen LogP contribution is -2.43. The minimum atomic E-state index is 0.0113. The molecule has 27 heavy (non-hydrogen) atoms. The number of carbonyl (C=O) groups excluding carboxylic acids is 1. The molecule has 1 aliphatic rings. The summed E-state index contributed by atoms with van der Waals surface area (Å²) in [5, 5.41) is 6.78. The Balaban J connectivity index is 1.80. The van der Waals surface area contributed by atoms with Crippen LogP contribution in [0.3, 0.4) is 0 Å². The fraction of sp³-hybridized carbons (Fsp3) is 0.650. The Kier molecular flexibility index (Phi) is 8.87. The summed E-state index contributed by atoms with van der Waals surface area (Å²) in [5.74, 6) is 1.37. The van der Waals surface area contributed by atoms with E-state index in [2.05, 4.69) is 44.6 Å². The number of hydrogen-bond donors (Lipinski definition) is 2. The van der Waals surface area contributed by atoms with Crippen molar-refractivity contribution >= 4 is 17.6 Å². The van der Waals surface area contributed by atoms with Crippen LogP contribution in [0.2, 0.25) is 0 Å². The normalized spacial score (nSPS) is 15.5. The molecule has 7 heteroatoms. The van der Waals surface area contributed by atoms with Crippen LogP contribution >= 0.6 is 0 Å². The first-order chi connectivity index (χ1) is 13.1. The zero-order valence-electron chi connectivity index (χ0n) is 16.9. The molecule has 0 bridgehead atoms. The third-order valence-corrected chi connectivity index (χ3v) is 4.89. The number of pyridine rings is 1. The van der Waals surface area contributed by atoms with Gasteiger partial charge in [0.2, 0.25) is 5.91 Å². The second-order valence-electron chi connectivity index (χ2n) is 7.25. The Morgan fingerprint density at radius 3 is 2.59 bits per heavy atom. The Hall–Kier alpha value is -2.31. The van der Waals surface area contributed by atoms with Gasteiger partial charge in [-0.15, -0.1) is 0 Å². The highest BCUT2D eigenvalue weighted by Crippen LogP contribution is 2.22. The second kappa shape index (κ2) is 11.4. The first kappa shape index (κ1) is 21.0. The van der Waals surface area contributed by atoms with Gasteiger partial charge in [-0.3, -0.25) is 9.78 Å². The van der Waals surface area contributed by atoms with E-state index < -0.39 is 0 Å². The van der Waals surface area contributed by atoms with Gasteiger partial charge >= 0.3 is 0 Å². The van der Waals surface area contributed by atoms with E-state index in [1.165, 1.54) is 5.69 Å². The molecule has 0 saturated carbocycles. The molecule has 1 aliphatic heterocycles. The highest BCUT2D eigenvalue weighted by atomic mass is 16.2. The molecule has 1 aromatic rings. The smallest absolute Gasteiger partial charge is 0.243 e. The van der Waals surface area contributed by atoms with Gasteiger partial charge in [0.25, 0.3) is 0 Å². The molecule has 2 N–H and O–H groups in total. The van der Waals surface area contributed by atoms with Gasteiger partial charge in [-0.25, -0.2) is 4.99 Å². The molecule has 0 spiro atoms. The molecule has 1 aromatic heterocycles. The average molecular weight is 375 g/mol. The maximum atomic E-state index is 11.8. The van der Waals surface area contributed by atoms with E-state index in [-0.39, 0.29) is 12.5 Å². The van der Waals surface area contributed by atoms with Crippen molar-refractivity contribution in [2.45, 2.75) is 32.6 Å². The Labute approximate surface area is 163 Å². The van der Waals surface area contributed by atoms with Crippen LogP contribution in [0.15, 0.2) is 29.5 Å². The number of guanidine groups is 1. The van der Waals surface area contributed by atoms with Crippen molar-refractivity contribution in [2.24, 2.45) is 10.9 Å². The van der Waals surface area contributed by atoms with Crippen LogP contribution in [-0.4, -0.2) is 68.6 Å². The summed E-state index contributed by atoms with van der Waals surface area (Å²) in [6.45, 7) is 6.22. The maximum Gasteiger partial charge on any atom is 0.243 e. The minimum Gasteiger partial charge on any atom is -0.371 e. The SMILES string of the molecule is CCCCNC(=NCC(=O)N(C)C)NCC1CCN(c2ccncc2)CC1. The zero-order valence-corrected chi connectivity index (χ0v) is 16.9. The summed E-state index contributed by atoms with van der Waals surface area (Å²) < 4.78 is 0. The molecule has 0 aliphatic carbocycles. The quantitative estimate of drug-likeness (QED) is 0.412. The van der Waals surface area contributed by atoms with Gasteiger partial charge in [-0.2, -0.15) is 0 Å². The van der Waals surface area contributed by atoms with Crippen molar-refractivity contribution in [1.29, 1.82) is 0 Å². The number of nitrogens with one attached hydrogen (secondary N) is 2. The van der Waals surface area contributed by atoms with E-state index in [4.69, 9.17) is 0 Å². The van der Waals surface area contributed by atoms with Crippen LogP contribution in [0.1, 0.15) is 32.6 Å². The Morgan fingerprint density at radius 1 is 1.26 bits per heavy atom. The Bertz CT molecular complexity index is 581. The predicted octanol–water partition coefficient (Wildman–Crippen LogP) is 1.72. The van der Waals surface area contributed by atoms with E-state index in [1.54, 1.807) is 19.0 Å². The van der Waals surface area contributed by atoms with Gasteiger partial charge < -0.3 is 20.4 Å². The van der Waals surface area contributed by atoms with Crippen molar-refractivity contribution in [3.8, 4) is 0 Å². The first-order valence-corrected chi connectivity index (χ1v) is 9.97. The lowest BCUT2D eigenvalue weighted by Gasteiger charge is -2.33. The van der Waals surface area contributed by atoms with Crippen molar-refractivity contribution in [3.05, 3.63) is 24.5 Å². The summed E-state index contributed by atoms with van der Waals surface area (Å²) >= 11 is 0. The molecule has 1 saturated heterocycles. The molecule has 7 nitrogen and oxygen atoms in total. The van der Waals surface area contributed by atoms with Crippen molar-refractivity contribution < 1.29 is 4.79 Å². The number of carbonyl (C=O) groups is 1. The molecular formula is C20H34N6O. The summed E-state index contributed by atoms with van der Waals surface area (Å²) in [4.78, 5) is 24.3. The van der Waals surface area contributed by atoms with Crippen molar-refractivity contribution in [3.63, 3.8) is 0 Å². The van der Waals surface area contributed by atoms with E-state index in [0.29, 0.717) is 5.92 Å². The molecule has 0 unspecified atom stereocenters. The van der Waals surface area contributed by atoms with E-state index >= 15 is 0 Å². The number of nitrogens with zero attached hydrogens (tertiary/aromatic N) is 4. The van der Waals surface area contributed by atoms with Crippen LogP contribution in [0, 0.1) is 5.92 Å². The molecule has 1 amide bonds. The highest BCUT2D eigenvalue weighted by Gasteiger charge is 2.19. The fourth-order valence-electron chi connectivity index (χ4n) is 3.04. The third kappa shape index (κ3) is 7.45. The Morgan fingerprint density at radius 2 is 1.96 bits per heavy atom. The molecule has 0 atom stereocenters. The lowest BCUT2D eigenvalue weighted by molar-refractivity contribution is -0.127. The molecule has 150 valence electrons. The van der Waals surface area contributed by atoms with E-state index in [1.807, 2.05) is 12.4 Å². The minimum absolute atomic E-state index is 0.0113. The van der Waals surface area contributed by atoms with Gasteiger partial charge in [-0.1, -0.05) is 13.3 Å². The molecular weight excluding hydrogens is 340 g/mol. The fourth-order valence-corrected chi connectivity index (χ4v) is 3.04. The summed E-state index contributed by atoms with van der Waals surface area (Å²) in [5.41, 5.74) is 1.25. The number of aliphatic imine (C=N–C) groups is 1. The van der Waals surface area contributed by atoms with Gasteiger partial charge in [0.1, 0.15) is 6.54 Å². The number of rotatable bonds is 8. The lowest BCUT2D eigenvalue weighted by atomic mass is 9.96. The molecule has 0 aromatic carbocycles. The van der Waals surface area contributed by atoms with E-state index in [9.17, 15) is 4.79 Å². The number of amides is 1. The summed E-state index contributed by atoms with van der Waals surface area (Å²) in [6, 6.07) is 4.14. The topological polar surface area (TPSA) is 72.9 Å². The average Bonchev–Trinajstić information content (AvgIpc) is 2.70. The van der Waals surface area contributed by atoms with Gasteiger partial charge in [0, 0.05) is 58.4 Å². The van der Waals surface area contributed by atoms with Crippen LogP contribution in [-0.2, 0) is 4.79 Å². The highest BCUT2D eigenvalue weighted by molar-refractivity contribution is 5.84. The number of likely N-dealkylation sites (N-methyl/N-ethyl adjacent to an activating group) is 1. The van der Waals surface area contributed by atoms with Crippen molar-refractivity contribution in [2.75, 3.05) is 51.7 Å². The summed E-state index contributed by atoms with van der Waals surface area (Å²) in [7, 11) is 3.51. The monoisotopic (exact) mass is 374 g/mol. The maximum absolute atomic E-state index is 11.8. The molecule has 2 heterocycles. The van der Waals surface area contributed by atoms with Crippen molar-refractivity contribution in [1.82, 2.24) is 20.5 Å². The van der Waals surface area contributed by atoms with Crippen LogP contribution in [0.4, 0.5) is 5.69 Å². The van der Waals surface area contributed by atoms with Crippen LogP contribution in [0.5, 0.6) is 0 Å². The number of unbranched alkanes of at least 4 members (excludes halogenated alkanes) is 1. The number of piperidine rings is 1. The van der Waals surface area contributed by atoms with Gasteiger partial charge in [0.05, 0.1) is 0 Å². The number of hydrogen-bond acceptors (Lipinski definition) is 4. The van der Waals surface area contributed by atoms with Crippen LogP contribution in [0.25, 0.3) is 0 Å². The number of aromatic nitrogens is 1. The van der Waals surface area contributed by atoms with Crippen LogP contribution < -0.4 is 15.5 Å². The predicted molar refractivity (Wildman–Crippen MR) is 111 cm³/mol. The molecule has 0 radical (unpaired) electrons. The second-order valence-corrected chi connectivity index (χ2v) is 7.25. The van der Waals surface area contributed by atoms with E-state index in [0.717, 1.165) is 57.8 Å².